The quantitative estimate of drug-likeness (QED) is 0.653. The molecule has 0 saturated carbocycles. The topological polar surface area (TPSA) is 79.9 Å². The van der Waals surface area contributed by atoms with E-state index in [1.54, 1.807) is 62.4 Å². The second kappa shape index (κ2) is 8.69. The first-order valence-electron chi connectivity index (χ1n) is 9.10. The van der Waals surface area contributed by atoms with Crippen molar-refractivity contribution < 1.29 is 18.3 Å². The van der Waals surface area contributed by atoms with Crippen molar-refractivity contribution in [2.75, 3.05) is 6.54 Å². The van der Waals surface area contributed by atoms with Crippen LogP contribution >= 0.6 is 0 Å². The monoisotopic (exact) mass is 398 g/mol. The van der Waals surface area contributed by atoms with Crippen LogP contribution in [0.25, 0.3) is 11.0 Å². The van der Waals surface area contributed by atoms with Gasteiger partial charge in [0, 0.05) is 12.5 Å². The molecule has 150 valence electrons. The number of imidazole rings is 1. The molecule has 1 aromatic heterocycles. The molecule has 29 heavy (non-hydrogen) atoms. The van der Waals surface area contributed by atoms with Crippen LogP contribution in [0.15, 0.2) is 48.5 Å². The highest BCUT2D eigenvalue weighted by atomic mass is 19.3. The van der Waals surface area contributed by atoms with Crippen molar-refractivity contribution in [1.29, 1.82) is 5.26 Å². The molecule has 2 atom stereocenters. The predicted molar refractivity (Wildman–Crippen MR) is 104 cm³/mol. The Morgan fingerprint density at radius 3 is 2.55 bits per heavy atom. The number of carbonyl (C=O) groups is 1. The van der Waals surface area contributed by atoms with Gasteiger partial charge in [-0.05, 0) is 43.3 Å². The van der Waals surface area contributed by atoms with E-state index in [0.717, 1.165) is 4.57 Å². The van der Waals surface area contributed by atoms with Crippen LogP contribution in [-0.4, -0.2) is 28.1 Å². The van der Waals surface area contributed by atoms with Crippen LogP contribution in [0.4, 0.5) is 8.78 Å². The molecular formula is C21H20F2N4O2. The zero-order valence-electron chi connectivity index (χ0n) is 16.0. The summed E-state index contributed by atoms with van der Waals surface area (Å²) in [5, 5.41) is 11.5. The second-order valence-electron chi connectivity index (χ2n) is 6.65. The molecule has 1 amide bonds. The van der Waals surface area contributed by atoms with E-state index in [1.807, 2.05) is 6.07 Å². The van der Waals surface area contributed by atoms with Crippen LogP contribution in [-0.2, 0) is 4.79 Å². The first-order valence-corrected chi connectivity index (χ1v) is 9.10. The van der Waals surface area contributed by atoms with Crippen LogP contribution < -0.4 is 10.1 Å². The Morgan fingerprint density at radius 2 is 1.90 bits per heavy atom. The van der Waals surface area contributed by atoms with E-state index in [9.17, 15) is 13.6 Å². The second-order valence-corrected chi connectivity index (χ2v) is 6.65. The van der Waals surface area contributed by atoms with Crippen molar-refractivity contribution in [3.8, 4) is 11.8 Å². The number of nitriles is 1. The number of carbonyl (C=O) groups excluding carboxylic acids is 1. The fraction of sp³-hybridized carbons (Fsp3) is 0.286. The Labute approximate surface area is 166 Å². The first-order chi connectivity index (χ1) is 13.9. The number of ether oxygens (including phenoxy) is 1. The van der Waals surface area contributed by atoms with Crippen molar-refractivity contribution in [2.45, 2.75) is 32.4 Å². The van der Waals surface area contributed by atoms with Crippen LogP contribution in [0, 0.1) is 11.3 Å². The van der Waals surface area contributed by atoms with Crippen molar-refractivity contribution in [3.05, 3.63) is 59.9 Å². The Kier molecular flexibility index (Phi) is 6.07. The molecule has 0 radical (unpaired) electrons. The largest absolute Gasteiger partial charge is 0.481 e. The number of amides is 1. The fourth-order valence-electron chi connectivity index (χ4n) is 2.97. The maximum atomic E-state index is 13.6. The molecule has 2 aromatic carbocycles. The minimum absolute atomic E-state index is 0.135. The molecule has 8 heteroatoms. The van der Waals surface area contributed by atoms with Gasteiger partial charge in [0.2, 0.25) is 0 Å². The molecule has 0 aliphatic heterocycles. The Balaban J connectivity index is 1.64. The number of benzene rings is 2. The average molecular weight is 398 g/mol. The summed E-state index contributed by atoms with van der Waals surface area (Å²) in [6, 6.07) is 15.1. The van der Waals surface area contributed by atoms with Gasteiger partial charge in [0.15, 0.2) is 6.10 Å². The molecule has 0 spiro atoms. The van der Waals surface area contributed by atoms with Gasteiger partial charge in [-0.1, -0.05) is 19.1 Å². The van der Waals surface area contributed by atoms with Crippen LogP contribution in [0.2, 0.25) is 0 Å². The van der Waals surface area contributed by atoms with Gasteiger partial charge in [0.25, 0.3) is 5.91 Å². The lowest BCUT2D eigenvalue weighted by atomic mass is 10.1. The number of fused-ring (bicyclic) bond motifs is 1. The zero-order valence-corrected chi connectivity index (χ0v) is 16.0. The van der Waals surface area contributed by atoms with E-state index in [1.165, 1.54) is 0 Å². The van der Waals surface area contributed by atoms with E-state index in [4.69, 9.17) is 10.00 Å². The fourth-order valence-corrected chi connectivity index (χ4v) is 2.97. The maximum Gasteiger partial charge on any atom is 0.320 e. The summed E-state index contributed by atoms with van der Waals surface area (Å²) in [5.41, 5.74) is 1.33. The summed E-state index contributed by atoms with van der Waals surface area (Å²) in [6.45, 7) is 0.726. The number of halogens is 2. The Morgan fingerprint density at radius 1 is 1.21 bits per heavy atom. The predicted octanol–water partition coefficient (Wildman–Crippen LogP) is 3.99. The first kappa shape index (κ1) is 20.3. The Bertz CT molecular complexity index is 1040. The van der Waals surface area contributed by atoms with Crippen LogP contribution in [0.5, 0.6) is 5.75 Å². The van der Waals surface area contributed by atoms with Gasteiger partial charge < -0.3 is 10.1 Å². The SMILES string of the molecule is CC(Oc1ccc(C#N)cc1)C(=O)NCC(C)c1nc2ccccc2n1C(F)F. The zero-order chi connectivity index (χ0) is 21.0. The van der Waals surface area contributed by atoms with Gasteiger partial charge >= 0.3 is 6.55 Å². The lowest BCUT2D eigenvalue weighted by Gasteiger charge is -2.18. The van der Waals surface area contributed by atoms with Crippen LogP contribution in [0.3, 0.4) is 0 Å². The van der Waals surface area contributed by atoms with E-state index in [2.05, 4.69) is 10.3 Å². The van der Waals surface area contributed by atoms with Crippen LogP contribution in [0.1, 0.15) is 37.7 Å². The summed E-state index contributed by atoms with van der Waals surface area (Å²) in [5.74, 6) is -0.135. The summed E-state index contributed by atoms with van der Waals surface area (Å²) < 4.78 is 33.6. The van der Waals surface area contributed by atoms with Crippen molar-refractivity contribution in [1.82, 2.24) is 14.9 Å². The normalized spacial score (nSPS) is 13.1. The summed E-state index contributed by atoms with van der Waals surface area (Å²) in [7, 11) is 0. The number of nitrogens with zero attached hydrogens (tertiary/aromatic N) is 3. The molecule has 3 aromatic rings. The highest BCUT2D eigenvalue weighted by Gasteiger charge is 2.23. The number of nitrogens with one attached hydrogen (secondary N) is 1. The number of para-hydroxylation sites is 2. The molecule has 0 aliphatic rings. The van der Waals surface area contributed by atoms with Gasteiger partial charge in [-0.2, -0.15) is 14.0 Å². The minimum atomic E-state index is -2.73. The third-order valence-electron chi connectivity index (χ3n) is 4.51. The summed E-state index contributed by atoms with van der Waals surface area (Å²) in [6.07, 6.45) is -0.788. The highest BCUT2D eigenvalue weighted by Crippen LogP contribution is 2.27. The lowest BCUT2D eigenvalue weighted by Crippen LogP contribution is -2.38. The van der Waals surface area contributed by atoms with Crippen molar-refractivity contribution in [2.24, 2.45) is 0 Å². The third-order valence-corrected chi connectivity index (χ3v) is 4.51. The molecule has 0 bridgehead atoms. The summed E-state index contributed by atoms with van der Waals surface area (Å²) >= 11 is 0. The molecule has 6 nitrogen and oxygen atoms in total. The van der Waals surface area contributed by atoms with Crippen molar-refractivity contribution >= 4 is 16.9 Å². The number of alkyl halides is 2. The van der Waals surface area contributed by atoms with E-state index < -0.39 is 18.6 Å². The lowest BCUT2D eigenvalue weighted by molar-refractivity contribution is -0.127. The number of rotatable bonds is 7. The highest BCUT2D eigenvalue weighted by molar-refractivity contribution is 5.81. The average Bonchev–Trinajstić information content (AvgIpc) is 3.12. The molecule has 0 saturated heterocycles. The van der Waals surface area contributed by atoms with Gasteiger partial charge in [-0.15, -0.1) is 0 Å². The molecule has 0 aliphatic carbocycles. The van der Waals surface area contributed by atoms with E-state index in [-0.39, 0.29) is 18.3 Å². The molecule has 1 N–H and O–H groups in total. The van der Waals surface area contributed by atoms with Gasteiger partial charge in [-0.25, -0.2) is 4.98 Å². The molecule has 1 heterocycles. The Hall–Kier alpha value is -3.47. The molecule has 3 rings (SSSR count). The third kappa shape index (κ3) is 4.51. The molecule has 2 unspecified atom stereocenters. The van der Waals surface area contributed by atoms with Gasteiger partial charge in [-0.3, -0.25) is 9.36 Å². The standard InChI is InChI=1S/C21H20F2N4O2/c1-13(19-26-17-5-3-4-6-18(17)27(19)21(22)23)12-25-20(28)14(2)29-16-9-7-15(11-24)8-10-16/h3-10,13-14,21H,12H2,1-2H3,(H,25,28). The van der Waals surface area contributed by atoms with Gasteiger partial charge in [0.05, 0.1) is 22.7 Å². The van der Waals surface area contributed by atoms with Gasteiger partial charge in [0.1, 0.15) is 11.6 Å². The summed E-state index contributed by atoms with van der Waals surface area (Å²) in [4.78, 5) is 16.6. The molecular weight excluding hydrogens is 378 g/mol. The number of aromatic nitrogens is 2. The maximum absolute atomic E-state index is 13.6. The number of hydrogen-bond acceptors (Lipinski definition) is 4. The minimum Gasteiger partial charge on any atom is -0.481 e. The smallest absolute Gasteiger partial charge is 0.320 e. The van der Waals surface area contributed by atoms with E-state index in [0.29, 0.717) is 22.3 Å². The molecule has 0 fully saturated rings. The number of hydrogen-bond donors (Lipinski definition) is 1. The van der Waals surface area contributed by atoms with Crippen molar-refractivity contribution in [3.63, 3.8) is 0 Å². The van der Waals surface area contributed by atoms with E-state index >= 15 is 0 Å².